The van der Waals surface area contributed by atoms with Gasteiger partial charge in [-0.1, -0.05) is 0 Å². The molecule has 3 aromatic rings. The number of imidazole rings is 1. The van der Waals surface area contributed by atoms with Gasteiger partial charge in [-0.15, -0.1) is 0 Å². The highest BCUT2D eigenvalue weighted by atomic mass is 19.4. The van der Waals surface area contributed by atoms with Crippen LogP contribution in [0.25, 0.3) is 16.9 Å². The van der Waals surface area contributed by atoms with Crippen LogP contribution in [-0.4, -0.2) is 85.2 Å². The largest absolute Gasteiger partial charge is 0.496 e. The van der Waals surface area contributed by atoms with E-state index in [0.717, 1.165) is 51.7 Å². The van der Waals surface area contributed by atoms with Crippen LogP contribution >= 0.6 is 0 Å². The molecule has 35 heavy (non-hydrogen) atoms. The topological polar surface area (TPSA) is 53.3 Å². The molecule has 4 rings (SSSR count). The summed E-state index contributed by atoms with van der Waals surface area (Å²) in [5, 5.41) is 0. The Hall–Kier alpha value is -3.27. The quantitative estimate of drug-likeness (QED) is 0.430. The lowest BCUT2D eigenvalue weighted by molar-refractivity contribution is -0.153. The van der Waals surface area contributed by atoms with Crippen LogP contribution in [0.2, 0.25) is 0 Å². The average molecular weight is 490 g/mol. The van der Waals surface area contributed by atoms with E-state index in [0.29, 0.717) is 11.8 Å². The van der Waals surface area contributed by atoms with Crippen LogP contribution in [0, 0.1) is 6.92 Å². The van der Waals surface area contributed by atoms with Crippen LogP contribution in [0.3, 0.4) is 0 Å². The van der Waals surface area contributed by atoms with Crippen molar-refractivity contribution in [3.05, 3.63) is 47.8 Å². The van der Waals surface area contributed by atoms with Gasteiger partial charge in [0.15, 0.2) is 0 Å². The number of amides is 1. The number of nitrogens with zero attached hydrogens (tertiary/aromatic N) is 5. The van der Waals surface area contributed by atoms with Crippen molar-refractivity contribution < 1.29 is 22.7 Å². The fourth-order valence-corrected chi connectivity index (χ4v) is 4.40. The number of pyridine rings is 1. The number of alkyl halides is 3. The second kappa shape index (κ2) is 9.77. The number of ether oxygens (including phenoxy) is 1. The third kappa shape index (κ3) is 5.37. The van der Waals surface area contributed by atoms with Crippen molar-refractivity contribution in [1.29, 1.82) is 0 Å². The monoisotopic (exact) mass is 489 g/mol. The molecule has 10 heteroatoms. The summed E-state index contributed by atoms with van der Waals surface area (Å²) in [4.78, 5) is 21.0. The molecule has 0 bridgehead atoms. The second-order valence-electron chi connectivity index (χ2n) is 9.18. The first-order valence-corrected chi connectivity index (χ1v) is 11.4. The minimum Gasteiger partial charge on any atom is -0.496 e. The molecule has 1 fully saturated rings. The van der Waals surface area contributed by atoms with Gasteiger partial charge in [0, 0.05) is 49.2 Å². The first-order chi connectivity index (χ1) is 16.6. The lowest BCUT2D eigenvalue weighted by atomic mass is 9.99. The zero-order valence-corrected chi connectivity index (χ0v) is 20.3. The lowest BCUT2D eigenvalue weighted by Gasteiger charge is -2.44. The lowest BCUT2D eigenvalue weighted by Crippen LogP contribution is -2.57. The van der Waals surface area contributed by atoms with Gasteiger partial charge < -0.3 is 19.4 Å². The predicted octanol–water partition coefficient (Wildman–Crippen LogP) is 3.63. The van der Waals surface area contributed by atoms with Crippen LogP contribution in [-0.2, 0) is 11.2 Å². The van der Waals surface area contributed by atoms with E-state index in [4.69, 9.17) is 4.74 Å². The molecule has 1 amide bonds. The van der Waals surface area contributed by atoms with Gasteiger partial charge in [-0.25, -0.2) is 4.98 Å². The summed E-state index contributed by atoms with van der Waals surface area (Å²) in [5.41, 5.74) is 5.27. The molecule has 0 atom stereocenters. The van der Waals surface area contributed by atoms with Crippen molar-refractivity contribution in [3.8, 4) is 17.0 Å². The maximum atomic E-state index is 12.7. The van der Waals surface area contributed by atoms with E-state index in [2.05, 4.69) is 41.0 Å². The first-order valence-electron chi connectivity index (χ1n) is 11.4. The highest BCUT2D eigenvalue weighted by molar-refractivity contribution is 5.69. The Balaban J connectivity index is 1.59. The van der Waals surface area contributed by atoms with E-state index >= 15 is 0 Å². The summed E-state index contributed by atoms with van der Waals surface area (Å²) < 4.78 is 45.8. The standard InChI is InChI=1S/C25H30F3N5O2/c1-17-18(5-7-31(16-34)15-25(26,27)28)9-19(10-23(17)35-4)22-12-29-24-11-20(6-8-33(22)24)32-13-21(14-32)30(2)3/h6,8-12,16,21H,5,7,13-15H2,1-4H3. The van der Waals surface area contributed by atoms with Crippen LogP contribution in [0.1, 0.15) is 11.1 Å². The summed E-state index contributed by atoms with van der Waals surface area (Å²) in [6, 6.07) is 8.51. The molecule has 7 nitrogen and oxygen atoms in total. The Morgan fingerprint density at radius 3 is 2.60 bits per heavy atom. The molecule has 2 aromatic heterocycles. The number of benzene rings is 1. The molecular weight excluding hydrogens is 459 g/mol. The molecule has 0 unspecified atom stereocenters. The van der Waals surface area contributed by atoms with Gasteiger partial charge in [-0.2, -0.15) is 13.2 Å². The van der Waals surface area contributed by atoms with Gasteiger partial charge >= 0.3 is 6.18 Å². The Morgan fingerprint density at radius 1 is 1.23 bits per heavy atom. The Labute approximate surface area is 202 Å². The molecule has 1 aromatic carbocycles. The number of fused-ring (bicyclic) bond motifs is 1. The highest BCUT2D eigenvalue weighted by Gasteiger charge is 2.30. The number of carbonyl (C=O) groups excluding carboxylic acids is 1. The Kier molecular flexibility index (Phi) is 6.93. The number of methoxy groups -OCH3 is 1. The summed E-state index contributed by atoms with van der Waals surface area (Å²) in [5.74, 6) is 0.632. The van der Waals surface area contributed by atoms with Gasteiger partial charge in [-0.3, -0.25) is 9.20 Å². The third-order valence-electron chi connectivity index (χ3n) is 6.64. The minimum absolute atomic E-state index is 0.0449. The summed E-state index contributed by atoms with van der Waals surface area (Å²) in [7, 11) is 5.73. The van der Waals surface area contributed by atoms with E-state index in [9.17, 15) is 18.0 Å². The van der Waals surface area contributed by atoms with Crippen LogP contribution < -0.4 is 9.64 Å². The molecule has 1 saturated heterocycles. The predicted molar refractivity (Wildman–Crippen MR) is 129 cm³/mol. The van der Waals surface area contributed by atoms with Crippen LogP contribution in [0.15, 0.2) is 36.7 Å². The van der Waals surface area contributed by atoms with Gasteiger partial charge in [0.25, 0.3) is 0 Å². The molecule has 3 heterocycles. The SMILES string of the molecule is COc1cc(-c2cnc3cc(N4CC(N(C)C)C4)ccn23)cc(CCN(C=O)CC(F)(F)F)c1C. The zero-order chi connectivity index (χ0) is 25.3. The molecule has 1 aliphatic rings. The maximum absolute atomic E-state index is 12.7. The second-order valence-corrected chi connectivity index (χ2v) is 9.18. The molecule has 0 spiro atoms. The Bertz CT molecular complexity index is 1200. The zero-order valence-electron chi connectivity index (χ0n) is 20.3. The van der Waals surface area contributed by atoms with Crippen LogP contribution in [0.4, 0.5) is 18.9 Å². The minimum atomic E-state index is -4.44. The molecule has 188 valence electrons. The summed E-state index contributed by atoms with van der Waals surface area (Å²) in [6.07, 6.45) is -0.153. The number of halogens is 3. The van der Waals surface area contributed by atoms with E-state index in [1.807, 2.05) is 29.7 Å². The molecule has 0 radical (unpaired) electrons. The molecular formula is C25H30F3N5O2. The Morgan fingerprint density at radius 2 is 1.97 bits per heavy atom. The van der Waals surface area contributed by atoms with E-state index in [-0.39, 0.29) is 19.4 Å². The number of hydrogen-bond acceptors (Lipinski definition) is 5. The summed E-state index contributed by atoms with van der Waals surface area (Å²) >= 11 is 0. The van der Waals surface area contributed by atoms with Gasteiger partial charge in [0.2, 0.25) is 6.41 Å². The summed E-state index contributed by atoms with van der Waals surface area (Å²) in [6.45, 7) is 2.50. The van der Waals surface area contributed by atoms with Crippen molar-refractivity contribution in [2.75, 3.05) is 52.3 Å². The number of anilines is 1. The van der Waals surface area contributed by atoms with Crippen molar-refractivity contribution >= 4 is 17.7 Å². The maximum Gasteiger partial charge on any atom is 0.406 e. The van der Waals surface area contributed by atoms with Gasteiger partial charge in [-0.05, 0) is 56.8 Å². The van der Waals surface area contributed by atoms with E-state index in [1.165, 1.54) is 0 Å². The molecule has 0 aliphatic carbocycles. The third-order valence-corrected chi connectivity index (χ3v) is 6.64. The van der Waals surface area contributed by atoms with Gasteiger partial charge in [0.05, 0.1) is 19.0 Å². The van der Waals surface area contributed by atoms with E-state index in [1.54, 1.807) is 13.3 Å². The normalized spacial score (nSPS) is 14.5. The van der Waals surface area contributed by atoms with Gasteiger partial charge in [0.1, 0.15) is 17.9 Å². The average Bonchev–Trinajstić information content (AvgIpc) is 3.18. The molecule has 0 saturated carbocycles. The smallest absolute Gasteiger partial charge is 0.406 e. The fourth-order valence-electron chi connectivity index (χ4n) is 4.40. The first kappa shape index (κ1) is 24.8. The number of carbonyl (C=O) groups is 1. The van der Waals surface area contributed by atoms with Crippen molar-refractivity contribution in [1.82, 2.24) is 19.2 Å². The van der Waals surface area contributed by atoms with E-state index < -0.39 is 12.7 Å². The molecule has 0 N–H and O–H groups in total. The number of aromatic nitrogens is 2. The fraction of sp³-hybridized carbons (Fsp3) is 0.440. The number of hydrogen-bond donors (Lipinski definition) is 0. The van der Waals surface area contributed by atoms with Crippen molar-refractivity contribution in [3.63, 3.8) is 0 Å². The van der Waals surface area contributed by atoms with Crippen molar-refractivity contribution in [2.45, 2.75) is 25.6 Å². The number of likely N-dealkylation sites (N-methyl/N-ethyl adjacent to an activating group) is 1. The van der Waals surface area contributed by atoms with Crippen molar-refractivity contribution in [2.24, 2.45) is 0 Å². The van der Waals surface area contributed by atoms with Crippen LogP contribution in [0.5, 0.6) is 5.75 Å². The number of rotatable bonds is 9. The highest BCUT2D eigenvalue weighted by Crippen LogP contribution is 2.32. The molecule has 1 aliphatic heterocycles.